The first-order valence-electron chi connectivity index (χ1n) is 8.10. The Labute approximate surface area is 142 Å². The minimum atomic E-state index is 0.900. The lowest BCUT2D eigenvalue weighted by Crippen LogP contribution is -1.95. The van der Waals surface area contributed by atoms with Crippen molar-refractivity contribution in [2.45, 2.75) is 6.54 Å². The van der Waals surface area contributed by atoms with E-state index in [9.17, 15) is 0 Å². The summed E-state index contributed by atoms with van der Waals surface area (Å²) < 4.78 is 2.18. The zero-order valence-corrected chi connectivity index (χ0v) is 13.3. The van der Waals surface area contributed by atoms with Crippen molar-refractivity contribution in [1.82, 2.24) is 9.55 Å². The Morgan fingerprint density at radius 1 is 0.667 bits per heavy atom. The molecule has 0 aliphatic carbocycles. The summed E-state index contributed by atoms with van der Waals surface area (Å²) in [6.45, 7) is 0.900. The van der Waals surface area contributed by atoms with Crippen molar-refractivity contribution < 1.29 is 0 Å². The highest BCUT2D eigenvalue weighted by atomic mass is 14.9. The highest BCUT2D eigenvalue weighted by Crippen LogP contribution is 2.31. The van der Waals surface area contributed by atoms with Gasteiger partial charge in [-0.15, -0.1) is 0 Å². The average Bonchev–Trinajstić information content (AvgIpc) is 3.16. The normalized spacial score (nSPS) is 10.7. The second-order valence-electron chi connectivity index (χ2n) is 5.84. The van der Waals surface area contributed by atoms with E-state index in [0.717, 1.165) is 12.1 Å². The number of rotatable bonds is 4. The van der Waals surface area contributed by atoms with Gasteiger partial charge in [0.1, 0.15) is 0 Å². The summed E-state index contributed by atoms with van der Waals surface area (Å²) in [6, 6.07) is 25.5. The van der Waals surface area contributed by atoms with Crippen LogP contribution in [-0.2, 0) is 6.54 Å². The van der Waals surface area contributed by atoms with Crippen LogP contribution in [0.5, 0.6) is 0 Å². The second kappa shape index (κ2) is 6.55. The molecule has 24 heavy (non-hydrogen) atoms. The lowest BCUT2D eigenvalue weighted by atomic mass is 9.95. The first-order chi connectivity index (χ1) is 11.9. The molecule has 2 heterocycles. The molecule has 0 saturated carbocycles. The van der Waals surface area contributed by atoms with E-state index in [-0.39, 0.29) is 0 Å². The van der Waals surface area contributed by atoms with Gasteiger partial charge in [0.15, 0.2) is 0 Å². The van der Waals surface area contributed by atoms with Gasteiger partial charge in [0.05, 0.1) is 0 Å². The Morgan fingerprint density at radius 2 is 1.38 bits per heavy atom. The van der Waals surface area contributed by atoms with Crippen molar-refractivity contribution in [3.63, 3.8) is 0 Å². The van der Waals surface area contributed by atoms with E-state index in [4.69, 9.17) is 0 Å². The molecule has 0 aliphatic rings. The molecule has 0 amide bonds. The van der Waals surface area contributed by atoms with Crippen LogP contribution >= 0.6 is 0 Å². The average molecular weight is 310 g/mol. The fourth-order valence-corrected chi connectivity index (χ4v) is 2.98. The maximum absolute atomic E-state index is 4.25. The van der Waals surface area contributed by atoms with Gasteiger partial charge < -0.3 is 4.57 Å². The molecule has 0 radical (unpaired) electrons. The van der Waals surface area contributed by atoms with Crippen LogP contribution in [0, 0.1) is 0 Å². The molecule has 0 unspecified atom stereocenters. The minimum absolute atomic E-state index is 0.900. The third-order valence-corrected chi connectivity index (χ3v) is 4.20. The topological polar surface area (TPSA) is 17.8 Å². The molecule has 2 aromatic heterocycles. The van der Waals surface area contributed by atoms with Crippen molar-refractivity contribution in [1.29, 1.82) is 0 Å². The number of hydrogen-bond acceptors (Lipinski definition) is 1. The number of pyridine rings is 1. The van der Waals surface area contributed by atoms with Gasteiger partial charge in [-0.25, -0.2) is 0 Å². The Kier molecular flexibility index (Phi) is 3.95. The summed E-state index contributed by atoms with van der Waals surface area (Å²) >= 11 is 0. The van der Waals surface area contributed by atoms with Gasteiger partial charge in [-0.1, -0.05) is 54.6 Å². The first kappa shape index (κ1) is 14.5. The van der Waals surface area contributed by atoms with Crippen LogP contribution in [0.2, 0.25) is 0 Å². The third kappa shape index (κ3) is 2.99. The maximum Gasteiger partial charge on any atom is 0.0470 e. The van der Waals surface area contributed by atoms with Crippen LogP contribution in [0.4, 0.5) is 0 Å². The van der Waals surface area contributed by atoms with E-state index in [2.05, 4.69) is 88.7 Å². The molecule has 2 nitrogen and oxygen atoms in total. The van der Waals surface area contributed by atoms with Gasteiger partial charge in [-0.2, -0.15) is 0 Å². The van der Waals surface area contributed by atoms with Gasteiger partial charge in [0.2, 0.25) is 0 Å². The molecule has 0 fully saturated rings. The molecule has 2 heteroatoms. The van der Waals surface area contributed by atoms with E-state index in [0.29, 0.717) is 0 Å². The summed E-state index contributed by atoms with van der Waals surface area (Å²) in [7, 11) is 0. The summed E-state index contributed by atoms with van der Waals surface area (Å²) in [6.07, 6.45) is 7.90. The SMILES string of the molecule is c1cncc(-c2ccccc2-c2ccc(Cn3cccc3)cc2)c1. The largest absolute Gasteiger partial charge is 0.350 e. The van der Waals surface area contributed by atoms with Crippen LogP contribution in [-0.4, -0.2) is 9.55 Å². The Hall–Kier alpha value is -3.13. The van der Waals surface area contributed by atoms with Crippen molar-refractivity contribution in [3.8, 4) is 22.3 Å². The van der Waals surface area contributed by atoms with Gasteiger partial charge in [0.25, 0.3) is 0 Å². The molecule has 116 valence electrons. The number of aromatic nitrogens is 2. The van der Waals surface area contributed by atoms with Gasteiger partial charge in [0, 0.05) is 36.9 Å². The quantitative estimate of drug-likeness (QED) is 0.502. The van der Waals surface area contributed by atoms with Gasteiger partial charge in [-0.05, 0) is 40.5 Å². The summed E-state index contributed by atoms with van der Waals surface area (Å²) in [5, 5.41) is 0. The summed E-state index contributed by atoms with van der Waals surface area (Å²) in [4.78, 5) is 4.25. The van der Waals surface area contributed by atoms with Gasteiger partial charge >= 0.3 is 0 Å². The molecule has 0 atom stereocenters. The van der Waals surface area contributed by atoms with Crippen LogP contribution in [0.3, 0.4) is 0 Å². The maximum atomic E-state index is 4.25. The van der Waals surface area contributed by atoms with E-state index >= 15 is 0 Å². The summed E-state index contributed by atoms with van der Waals surface area (Å²) in [5.74, 6) is 0. The summed E-state index contributed by atoms with van der Waals surface area (Å²) in [5.41, 5.74) is 6.12. The highest BCUT2D eigenvalue weighted by Gasteiger charge is 2.07. The zero-order chi connectivity index (χ0) is 16.2. The molecule has 0 aliphatic heterocycles. The molecular weight excluding hydrogens is 292 g/mol. The highest BCUT2D eigenvalue weighted by molar-refractivity contribution is 5.83. The molecular formula is C22H18N2. The minimum Gasteiger partial charge on any atom is -0.350 e. The number of hydrogen-bond donors (Lipinski definition) is 0. The molecule has 0 spiro atoms. The standard InChI is InChI=1S/C22H18N2/c1-2-8-22(20-6-5-13-23-16-20)21(7-1)19-11-9-18(10-12-19)17-24-14-3-4-15-24/h1-16H,17H2. The smallest absolute Gasteiger partial charge is 0.0470 e. The predicted molar refractivity (Wildman–Crippen MR) is 98.6 cm³/mol. The van der Waals surface area contributed by atoms with E-state index in [1.807, 2.05) is 18.5 Å². The number of benzene rings is 2. The van der Waals surface area contributed by atoms with Gasteiger partial charge in [-0.3, -0.25) is 4.98 Å². The fourth-order valence-electron chi connectivity index (χ4n) is 2.98. The lowest BCUT2D eigenvalue weighted by molar-refractivity contribution is 0.806. The Bertz CT molecular complexity index is 908. The number of nitrogens with zero attached hydrogens (tertiary/aromatic N) is 2. The van der Waals surface area contributed by atoms with E-state index in [1.165, 1.54) is 22.3 Å². The van der Waals surface area contributed by atoms with Crippen LogP contribution < -0.4 is 0 Å². The van der Waals surface area contributed by atoms with Crippen LogP contribution in [0.25, 0.3) is 22.3 Å². The van der Waals surface area contributed by atoms with Crippen LogP contribution in [0.15, 0.2) is 97.6 Å². The molecule has 0 saturated heterocycles. The van der Waals surface area contributed by atoms with Crippen molar-refractivity contribution in [2.75, 3.05) is 0 Å². The van der Waals surface area contributed by atoms with Crippen LogP contribution in [0.1, 0.15) is 5.56 Å². The predicted octanol–water partition coefficient (Wildman–Crippen LogP) is 5.27. The lowest BCUT2D eigenvalue weighted by Gasteiger charge is -2.11. The zero-order valence-electron chi connectivity index (χ0n) is 13.3. The van der Waals surface area contributed by atoms with E-state index in [1.54, 1.807) is 0 Å². The van der Waals surface area contributed by atoms with Crippen molar-refractivity contribution >= 4 is 0 Å². The van der Waals surface area contributed by atoms with Crippen molar-refractivity contribution in [2.24, 2.45) is 0 Å². The fraction of sp³-hybridized carbons (Fsp3) is 0.0455. The molecule has 0 bridgehead atoms. The molecule has 4 rings (SSSR count). The Balaban J connectivity index is 1.67. The molecule has 0 N–H and O–H groups in total. The Morgan fingerprint density at radius 3 is 2.04 bits per heavy atom. The van der Waals surface area contributed by atoms with Crippen molar-refractivity contribution in [3.05, 3.63) is 103 Å². The second-order valence-corrected chi connectivity index (χ2v) is 5.84. The van der Waals surface area contributed by atoms with E-state index < -0.39 is 0 Å². The first-order valence-corrected chi connectivity index (χ1v) is 8.10. The molecule has 4 aromatic rings. The monoisotopic (exact) mass is 310 g/mol. The molecule has 2 aromatic carbocycles. The third-order valence-electron chi connectivity index (χ3n) is 4.20.